The highest BCUT2D eigenvalue weighted by molar-refractivity contribution is 7.80. The lowest BCUT2D eigenvalue weighted by atomic mass is 9.96. The minimum Gasteiger partial charge on any atom is -0.481 e. The zero-order valence-corrected chi connectivity index (χ0v) is 16.1. The van der Waals surface area contributed by atoms with Crippen LogP contribution in [-0.4, -0.2) is 40.8 Å². The van der Waals surface area contributed by atoms with Gasteiger partial charge in [0.15, 0.2) is 5.11 Å². The number of aromatic nitrogens is 2. The summed E-state index contributed by atoms with van der Waals surface area (Å²) in [6, 6.07) is 2.85. The first-order valence-electron chi connectivity index (χ1n) is 9.43. The fraction of sp³-hybridized carbons (Fsp3) is 0.722. The van der Waals surface area contributed by atoms with E-state index in [9.17, 15) is 0 Å². The third kappa shape index (κ3) is 4.93. The molecule has 0 aromatic carbocycles. The topological polar surface area (TPSA) is 62.3 Å². The van der Waals surface area contributed by atoms with E-state index < -0.39 is 0 Å². The van der Waals surface area contributed by atoms with E-state index in [4.69, 9.17) is 17.0 Å². The van der Waals surface area contributed by atoms with Gasteiger partial charge in [0.1, 0.15) is 5.82 Å². The first-order valence-corrected chi connectivity index (χ1v) is 9.84. The molecule has 2 N–H and O–H groups in total. The maximum absolute atomic E-state index is 5.46. The van der Waals surface area contributed by atoms with Gasteiger partial charge in [-0.2, -0.15) is 9.97 Å². The van der Waals surface area contributed by atoms with Crippen molar-refractivity contribution in [3.63, 3.8) is 0 Å². The molecule has 3 rings (SSSR count). The van der Waals surface area contributed by atoms with Gasteiger partial charge in [0.05, 0.1) is 7.11 Å². The van der Waals surface area contributed by atoms with E-state index in [1.165, 1.54) is 51.4 Å². The molecule has 2 fully saturated rings. The Hall–Kier alpha value is -1.63. The number of hydrogen-bond donors (Lipinski definition) is 2. The van der Waals surface area contributed by atoms with Crippen molar-refractivity contribution < 1.29 is 4.74 Å². The number of nitrogens with zero attached hydrogens (tertiary/aromatic N) is 3. The lowest BCUT2D eigenvalue weighted by Crippen LogP contribution is -2.40. The van der Waals surface area contributed by atoms with E-state index in [1.807, 2.05) is 6.07 Å². The fourth-order valence-corrected chi connectivity index (χ4v) is 3.99. The van der Waals surface area contributed by atoms with Gasteiger partial charge in [-0.25, -0.2) is 0 Å². The van der Waals surface area contributed by atoms with Crippen LogP contribution in [0.25, 0.3) is 0 Å². The summed E-state index contributed by atoms with van der Waals surface area (Å²) in [7, 11) is 1.63. The second-order valence-electron chi connectivity index (χ2n) is 7.06. The van der Waals surface area contributed by atoms with Crippen molar-refractivity contribution in [1.82, 2.24) is 15.3 Å². The molecule has 1 unspecified atom stereocenters. The number of methoxy groups -OCH3 is 1. The molecule has 2 aliphatic rings. The Balaban J connectivity index is 1.69. The Morgan fingerprint density at radius 2 is 1.92 bits per heavy atom. The highest BCUT2D eigenvalue weighted by Crippen LogP contribution is 2.26. The molecule has 0 amide bonds. The molecule has 25 heavy (non-hydrogen) atoms. The van der Waals surface area contributed by atoms with Gasteiger partial charge < -0.3 is 20.3 Å². The number of nitrogens with one attached hydrogen (secondary N) is 2. The van der Waals surface area contributed by atoms with Crippen LogP contribution in [0.2, 0.25) is 0 Å². The molecule has 1 aromatic heterocycles. The monoisotopic (exact) mass is 363 g/mol. The first-order chi connectivity index (χ1) is 12.2. The molecule has 1 aliphatic heterocycles. The number of anilines is 2. The van der Waals surface area contributed by atoms with E-state index >= 15 is 0 Å². The summed E-state index contributed by atoms with van der Waals surface area (Å²) in [4.78, 5) is 11.4. The molecule has 0 bridgehead atoms. The number of hydrogen-bond acceptors (Lipinski definition) is 5. The summed E-state index contributed by atoms with van der Waals surface area (Å²) in [5.74, 6) is 1.97. The van der Waals surface area contributed by atoms with Gasteiger partial charge in [0.25, 0.3) is 0 Å². The zero-order chi connectivity index (χ0) is 17.6. The quantitative estimate of drug-likeness (QED) is 0.794. The molecule has 138 valence electrons. The standard InChI is InChI=1S/C18H29N5OS/c1-13-8-6-7-11-23(13)15-12-16(24-2)21-17(20-15)22-18(25)19-14-9-4-3-5-10-14/h12-14H,3-11H2,1-2H3,(H2,19,20,21,22,25). The Kier molecular flexibility index (Phi) is 6.29. The van der Waals surface area contributed by atoms with Crippen LogP contribution in [0, 0.1) is 0 Å². The van der Waals surface area contributed by atoms with Gasteiger partial charge in [-0.1, -0.05) is 19.3 Å². The first kappa shape index (κ1) is 18.2. The van der Waals surface area contributed by atoms with Crippen molar-refractivity contribution in [2.75, 3.05) is 23.9 Å². The predicted molar refractivity (Wildman–Crippen MR) is 105 cm³/mol. The molecule has 2 heterocycles. The summed E-state index contributed by atoms with van der Waals surface area (Å²) in [6.45, 7) is 3.27. The molecule has 1 saturated carbocycles. The minimum atomic E-state index is 0.459. The summed E-state index contributed by atoms with van der Waals surface area (Å²) >= 11 is 5.46. The third-order valence-corrected chi connectivity index (χ3v) is 5.38. The Bertz CT molecular complexity index is 591. The van der Waals surface area contributed by atoms with Gasteiger partial charge in [-0.15, -0.1) is 0 Å². The maximum Gasteiger partial charge on any atom is 0.234 e. The molecule has 7 heteroatoms. The summed E-state index contributed by atoms with van der Waals surface area (Å²) < 4.78 is 5.37. The van der Waals surface area contributed by atoms with Crippen molar-refractivity contribution in [2.45, 2.75) is 70.4 Å². The lowest BCUT2D eigenvalue weighted by molar-refractivity contribution is 0.396. The predicted octanol–water partition coefficient (Wildman–Crippen LogP) is 3.48. The molecule has 1 saturated heterocycles. The van der Waals surface area contributed by atoms with Crippen molar-refractivity contribution >= 4 is 29.1 Å². The smallest absolute Gasteiger partial charge is 0.234 e. The molecule has 1 aromatic rings. The van der Waals surface area contributed by atoms with E-state index in [2.05, 4.69) is 32.4 Å². The Morgan fingerprint density at radius 1 is 1.16 bits per heavy atom. The van der Waals surface area contributed by atoms with E-state index in [0.717, 1.165) is 12.4 Å². The zero-order valence-electron chi connectivity index (χ0n) is 15.3. The lowest BCUT2D eigenvalue weighted by Gasteiger charge is -2.34. The van der Waals surface area contributed by atoms with Crippen molar-refractivity contribution in [1.29, 1.82) is 0 Å². The van der Waals surface area contributed by atoms with Crippen molar-refractivity contribution in [2.24, 2.45) is 0 Å². The minimum absolute atomic E-state index is 0.459. The summed E-state index contributed by atoms with van der Waals surface area (Å²) in [5, 5.41) is 7.14. The fourth-order valence-electron chi connectivity index (χ4n) is 3.73. The van der Waals surface area contributed by atoms with Gasteiger partial charge in [-0.05, 0) is 51.2 Å². The SMILES string of the molecule is COc1cc(N2CCCCC2C)nc(NC(=S)NC2CCCCC2)n1. The number of thiocarbonyl (C=S) groups is 1. The van der Waals surface area contributed by atoms with Gasteiger partial charge in [0, 0.05) is 24.7 Å². The molecular formula is C18H29N5OS. The molecular weight excluding hydrogens is 334 g/mol. The number of ether oxygens (including phenoxy) is 1. The molecule has 0 spiro atoms. The molecule has 1 atom stereocenters. The van der Waals surface area contributed by atoms with Crippen LogP contribution in [0.5, 0.6) is 5.88 Å². The average molecular weight is 364 g/mol. The largest absolute Gasteiger partial charge is 0.481 e. The van der Waals surface area contributed by atoms with Gasteiger partial charge >= 0.3 is 0 Å². The van der Waals surface area contributed by atoms with E-state index in [1.54, 1.807) is 7.11 Å². The van der Waals surface area contributed by atoms with Crippen molar-refractivity contribution in [3.8, 4) is 5.88 Å². The van der Waals surface area contributed by atoms with Crippen LogP contribution in [-0.2, 0) is 0 Å². The van der Waals surface area contributed by atoms with Crippen LogP contribution < -0.4 is 20.3 Å². The second kappa shape index (κ2) is 8.65. The van der Waals surface area contributed by atoms with Crippen LogP contribution in [0.3, 0.4) is 0 Å². The molecule has 1 aliphatic carbocycles. The third-order valence-electron chi connectivity index (χ3n) is 5.16. The Labute approximate surface area is 155 Å². The molecule has 0 radical (unpaired) electrons. The van der Waals surface area contributed by atoms with E-state index in [0.29, 0.717) is 29.0 Å². The van der Waals surface area contributed by atoms with Crippen LogP contribution in [0.4, 0.5) is 11.8 Å². The van der Waals surface area contributed by atoms with Gasteiger partial charge in [0.2, 0.25) is 11.8 Å². The normalized spacial score (nSPS) is 21.7. The van der Waals surface area contributed by atoms with Crippen LogP contribution in [0.1, 0.15) is 58.3 Å². The van der Waals surface area contributed by atoms with E-state index in [-0.39, 0.29) is 0 Å². The summed E-state index contributed by atoms with van der Waals surface area (Å²) in [6.07, 6.45) is 9.89. The maximum atomic E-state index is 5.46. The highest BCUT2D eigenvalue weighted by atomic mass is 32.1. The van der Waals surface area contributed by atoms with Gasteiger partial charge in [-0.3, -0.25) is 0 Å². The molecule has 6 nitrogen and oxygen atoms in total. The summed E-state index contributed by atoms with van der Waals surface area (Å²) in [5.41, 5.74) is 0. The second-order valence-corrected chi connectivity index (χ2v) is 7.47. The number of piperidine rings is 1. The average Bonchev–Trinajstić information content (AvgIpc) is 2.62. The highest BCUT2D eigenvalue weighted by Gasteiger charge is 2.21. The van der Waals surface area contributed by atoms with Crippen molar-refractivity contribution in [3.05, 3.63) is 6.07 Å². The Morgan fingerprint density at radius 3 is 2.64 bits per heavy atom. The van der Waals surface area contributed by atoms with Crippen LogP contribution >= 0.6 is 12.2 Å². The number of rotatable bonds is 4. The van der Waals surface area contributed by atoms with Crippen LogP contribution in [0.15, 0.2) is 6.07 Å².